The molecular formula is C16H12N2O2. The van der Waals surface area contributed by atoms with E-state index in [1.807, 2.05) is 36.4 Å². The fraction of sp³-hybridized carbons (Fsp3) is 0. The van der Waals surface area contributed by atoms with Crippen LogP contribution in [0.3, 0.4) is 0 Å². The molecule has 0 fully saturated rings. The first kappa shape index (κ1) is 12.2. The van der Waals surface area contributed by atoms with Crippen molar-refractivity contribution in [2.75, 3.05) is 5.32 Å². The Hall–Kier alpha value is -2.88. The minimum absolute atomic E-state index is 0.209. The molecule has 1 heterocycles. The van der Waals surface area contributed by atoms with E-state index >= 15 is 0 Å². The van der Waals surface area contributed by atoms with Gasteiger partial charge in [-0.05, 0) is 18.2 Å². The second kappa shape index (κ2) is 5.01. The maximum Gasteiger partial charge on any atom is 0.275 e. The third-order valence-corrected chi connectivity index (χ3v) is 2.95. The van der Waals surface area contributed by atoms with Gasteiger partial charge in [0.2, 0.25) is 0 Å². The number of hydrogen-bond donors (Lipinski definition) is 1. The van der Waals surface area contributed by atoms with Gasteiger partial charge >= 0.3 is 0 Å². The van der Waals surface area contributed by atoms with Crippen molar-refractivity contribution in [1.82, 2.24) is 0 Å². The number of carbonyl (C=O) groups is 1. The first-order valence-electron chi connectivity index (χ1n) is 6.15. The lowest BCUT2D eigenvalue weighted by molar-refractivity contribution is -0.110. The fourth-order valence-electron chi connectivity index (χ4n) is 2.07. The Morgan fingerprint density at radius 3 is 2.70 bits per heavy atom. The van der Waals surface area contributed by atoms with Crippen molar-refractivity contribution in [3.05, 3.63) is 66.9 Å². The molecule has 0 spiro atoms. The number of carbonyl (C=O) groups excluding carboxylic acids is 1. The van der Waals surface area contributed by atoms with E-state index in [1.165, 1.54) is 6.26 Å². The molecule has 1 amide bonds. The van der Waals surface area contributed by atoms with E-state index in [0.717, 1.165) is 11.3 Å². The quantitative estimate of drug-likeness (QED) is 0.865. The lowest BCUT2D eigenvalue weighted by atomic mass is 10.1. The van der Waals surface area contributed by atoms with Crippen molar-refractivity contribution in [3.8, 4) is 5.75 Å². The third-order valence-electron chi connectivity index (χ3n) is 2.95. The molecule has 0 aliphatic carbocycles. The van der Waals surface area contributed by atoms with Gasteiger partial charge in [-0.3, -0.25) is 4.79 Å². The molecule has 1 aliphatic rings. The van der Waals surface area contributed by atoms with Gasteiger partial charge in [-0.1, -0.05) is 36.9 Å². The van der Waals surface area contributed by atoms with E-state index in [9.17, 15) is 4.79 Å². The van der Waals surface area contributed by atoms with Gasteiger partial charge in [0.15, 0.2) is 5.75 Å². The Morgan fingerprint density at radius 2 is 1.85 bits per heavy atom. The van der Waals surface area contributed by atoms with Crippen LogP contribution in [-0.4, -0.2) is 11.6 Å². The molecule has 4 heteroatoms. The van der Waals surface area contributed by atoms with Gasteiger partial charge in [0.1, 0.15) is 11.4 Å². The number of anilines is 1. The molecule has 20 heavy (non-hydrogen) atoms. The highest BCUT2D eigenvalue weighted by Crippen LogP contribution is 2.30. The molecule has 4 nitrogen and oxygen atoms in total. The Balaban J connectivity index is 2.09. The van der Waals surface area contributed by atoms with Crippen LogP contribution in [0.2, 0.25) is 0 Å². The largest absolute Gasteiger partial charge is 0.463 e. The maximum absolute atomic E-state index is 12.0. The van der Waals surface area contributed by atoms with Gasteiger partial charge in [-0.2, -0.15) is 0 Å². The molecule has 0 bridgehead atoms. The van der Waals surface area contributed by atoms with Crippen LogP contribution in [-0.2, 0) is 4.79 Å². The van der Waals surface area contributed by atoms with Gasteiger partial charge in [-0.25, -0.2) is 4.99 Å². The number of benzene rings is 2. The van der Waals surface area contributed by atoms with Crippen LogP contribution >= 0.6 is 0 Å². The molecule has 2 aromatic rings. The lowest BCUT2D eigenvalue weighted by Gasteiger charge is -2.04. The summed E-state index contributed by atoms with van der Waals surface area (Å²) in [4.78, 5) is 16.4. The average Bonchev–Trinajstić information content (AvgIpc) is 2.78. The van der Waals surface area contributed by atoms with Gasteiger partial charge < -0.3 is 10.1 Å². The van der Waals surface area contributed by atoms with Crippen molar-refractivity contribution in [2.24, 2.45) is 4.99 Å². The number of nitrogens with one attached hydrogen (secondary N) is 1. The predicted octanol–water partition coefficient (Wildman–Crippen LogP) is 3.28. The smallest absolute Gasteiger partial charge is 0.275 e. The summed E-state index contributed by atoms with van der Waals surface area (Å²) in [7, 11) is 0. The molecule has 98 valence electrons. The molecular weight excluding hydrogens is 252 g/mol. The lowest BCUT2D eigenvalue weighted by Crippen LogP contribution is -2.13. The summed E-state index contributed by atoms with van der Waals surface area (Å²) in [6.45, 7) is 3.53. The van der Waals surface area contributed by atoms with Crippen LogP contribution in [0.25, 0.3) is 0 Å². The van der Waals surface area contributed by atoms with Crippen LogP contribution in [0, 0.1) is 0 Å². The highest BCUT2D eigenvalue weighted by molar-refractivity contribution is 6.54. The maximum atomic E-state index is 12.0. The first-order chi connectivity index (χ1) is 9.79. The minimum Gasteiger partial charge on any atom is -0.463 e. The number of fused-ring (bicyclic) bond motifs is 1. The number of rotatable bonds is 3. The van der Waals surface area contributed by atoms with Crippen LogP contribution in [0.1, 0.15) is 5.56 Å². The summed E-state index contributed by atoms with van der Waals surface area (Å²) in [5, 5.41) is 2.79. The second-order valence-corrected chi connectivity index (χ2v) is 4.21. The molecule has 0 atom stereocenters. The zero-order chi connectivity index (χ0) is 13.9. The Morgan fingerprint density at radius 1 is 1.10 bits per heavy atom. The molecule has 3 rings (SSSR count). The van der Waals surface area contributed by atoms with E-state index in [-0.39, 0.29) is 5.91 Å². The van der Waals surface area contributed by atoms with Crippen molar-refractivity contribution in [1.29, 1.82) is 0 Å². The summed E-state index contributed by atoms with van der Waals surface area (Å²) in [6.07, 6.45) is 1.34. The van der Waals surface area contributed by atoms with Crippen molar-refractivity contribution >= 4 is 23.0 Å². The third kappa shape index (κ3) is 2.07. The molecule has 0 unspecified atom stereocenters. The number of amides is 1. The number of nitrogens with zero attached hydrogens (tertiary/aromatic N) is 1. The molecule has 1 aliphatic heterocycles. The van der Waals surface area contributed by atoms with Crippen LogP contribution in [0.15, 0.2) is 66.4 Å². The molecule has 0 aromatic heterocycles. The standard InChI is InChI=1S/C16H12N2O2/c1-2-20-14-10-6-5-9-13(14)17-15-11-7-3-4-8-12(11)18-16(15)19/h2-10H,1H2,(H,17,18,19). The highest BCUT2D eigenvalue weighted by atomic mass is 16.5. The zero-order valence-electron chi connectivity index (χ0n) is 10.7. The van der Waals surface area contributed by atoms with E-state index in [1.54, 1.807) is 12.1 Å². The monoisotopic (exact) mass is 264 g/mol. The highest BCUT2D eigenvalue weighted by Gasteiger charge is 2.25. The number of aliphatic imine (C=N–C) groups is 1. The van der Waals surface area contributed by atoms with Gasteiger partial charge in [0, 0.05) is 5.56 Å². The summed E-state index contributed by atoms with van der Waals surface area (Å²) in [5.74, 6) is 0.354. The van der Waals surface area contributed by atoms with Gasteiger partial charge in [-0.15, -0.1) is 0 Å². The summed E-state index contributed by atoms with van der Waals surface area (Å²) >= 11 is 0. The van der Waals surface area contributed by atoms with Gasteiger partial charge in [0.25, 0.3) is 5.91 Å². The van der Waals surface area contributed by atoms with Gasteiger partial charge in [0.05, 0.1) is 11.9 Å². The van der Waals surface area contributed by atoms with Crippen LogP contribution < -0.4 is 10.1 Å². The van der Waals surface area contributed by atoms with Crippen LogP contribution in [0.5, 0.6) is 5.75 Å². The molecule has 2 aromatic carbocycles. The summed E-state index contributed by atoms with van der Waals surface area (Å²) in [6, 6.07) is 14.7. The normalized spacial score (nSPS) is 14.8. The van der Waals surface area contributed by atoms with E-state index < -0.39 is 0 Å². The fourth-order valence-corrected chi connectivity index (χ4v) is 2.07. The molecule has 1 N–H and O–H groups in total. The number of hydrogen-bond acceptors (Lipinski definition) is 3. The van der Waals surface area contributed by atoms with Crippen molar-refractivity contribution < 1.29 is 9.53 Å². The summed E-state index contributed by atoms with van der Waals surface area (Å²) in [5.41, 5.74) is 2.55. The topological polar surface area (TPSA) is 50.7 Å². The number of ether oxygens (including phenoxy) is 1. The average molecular weight is 264 g/mol. The predicted molar refractivity (Wildman–Crippen MR) is 78.5 cm³/mol. The molecule has 0 saturated heterocycles. The molecule has 0 radical (unpaired) electrons. The SMILES string of the molecule is C=COc1ccccc1N=C1C(=O)Nc2ccccc21. The summed E-state index contributed by atoms with van der Waals surface area (Å²) < 4.78 is 5.30. The van der Waals surface area contributed by atoms with E-state index in [0.29, 0.717) is 17.1 Å². The number of para-hydroxylation sites is 3. The van der Waals surface area contributed by atoms with E-state index in [2.05, 4.69) is 16.9 Å². The molecule has 0 saturated carbocycles. The Kier molecular flexibility index (Phi) is 3.05. The zero-order valence-corrected chi connectivity index (χ0v) is 10.7. The minimum atomic E-state index is -0.209. The van der Waals surface area contributed by atoms with Crippen LogP contribution in [0.4, 0.5) is 11.4 Å². The first-order valence-corrected chi connectivity index (χ1v) is 6.15. The Bertz CT molecular complexity index is 720. The second-order valence-electron chi connectivity index (χ2n) is 4.21. The van der Waals surface area contributed by atoms with E-state index in [4.69, 9.17) is 4.74 Å². The van der Waals surface area contributed by atoms with Crippen molar-refractivity contribution in [2.45, 2.75) is 0 Å². The van der Waals surface area contributed by atoms with Crippen molar-refractivity contribution in [3.63, 3.8) is 0 Å². The Labute approximate surface area is 116 Å².